The fourth-order valence-electron chi connectivity index (χ4n) is 7.81. The van der Waals surface area contributed by atoms with Crippen LogP contribution < -0.4 is 20.7 Å². The third-order valence-electron chi connectivity index (χ3n) is 11.4. The highest BCUT2D eigenvalue weighted by molar-refractivity contribution is 6.31. The van der Waals surface area contributed by atoms with Gasteiger partial charge >= 0.3 is 12.2 Å². The molecule has 6 rings (SSSR count). The summed E-state index contributed by atoms with van der Waals surface area (Å²) in [7, 11) is 5.90. The molecule has 16 nitrogen and oxygen atoms in total. The number of aromatic nitrogens is 2. The van der Waals surface area contributed by atoms with Crippen LogP contribution >= 0.6 is 23.2 Å². The lowest BCUT2D eigenvalue weighted by atomic mass is 9.83. The normalized spacial score (nSPS) is 16.0. The van der Waals surface area contributed by atoms with Gasteiger partial charge in [-0.25, -0.2) is 14.6 Å². The van der Waals surface area contributed by atoms with Crippen molar-refractivity contribution in [1.82, 2.24) is 35.3 Å². The zero-order valence-electron chi connectivity index (χ0n) is 37.7. The fraction of sp³-hybridized carbons (Fsp3) is 0.347. The molecular formula is C49H55Cl2N7O9. The summed E-state index contributed by atoms with van der Waals surface area (Å²) < 4.78 is 19.0. The molecule has 18 heteroatoms. The molecule has 3 amide bonds. The Kier molecular flexibility index (Phi) is 17.4. The largest absolute Gasteiger partial charge is 0.505 e. The van der Waals surface area contributed by atoms with E-state index in [9.17, 15) is 29.1 Å². The molecule has 1 fully saturated rings. The number of rotatable bonds is 20. The van der Waals surface area contributed by atoms with E-state index in [0.717, 1.165) is 46.1 Å². The second-order valence-corrected chi connectivity index (χ2v) is 17.7. The fourth-order valence-corrected chi connectivity index (χ4v) is 8.10. The van der Waals surface area contributed by atoms with Gasteiger partial charge in [0.25, 0.3) is 0 Å². The predicted molar refractivity (Wildman–Crippen MR) is 253 cm³/mol. The van der Waals surface area contributed by atoms with Crippen molar-refractivity contribution in [1.29, 1.82) is 0 Å². The predicted octanol–water partition coefficient (Wildman–Crippen LogP) is 7.05. The highest BCUT2D eigenvalue weighted by Crippen LogP contribution is 2.32. The molecule has 67 heavy (non-hydrogen) atoms. The standard InChI is InChI=1S/C49H55Cl2N7O9/c1-32(45(60)54-41(30-65-48(63)64)46(61)55-49(21-8-22-52-31-49)25-34-11-16-37(50)17-12-34)58(47(62)67-40(29-59)23-33-9-6-5-7-10-33)27-36-13-18-38(51)24-43(36)66-39-19-14-35(15-20-39)42-26-53-44(57(42)4)28-56(2)3/h5-7,9-20,24,26,29,32,40-41,52H,8,21-23,25,27-28,30-31H2,1-4H3,(H,54,60)(H,55,61)(H,63,64)/t32-,40-,41-,49+/m0/s1. The topological polar surface area (TPSA) is 194 Å². The number of carboxylic acid groups (broad SMARTS) is 1. The van der Waals surface area contributed by atoms with Crippen molar-refractivity contribution in [3.63, 3.8) is 0 Å². The number of hydrogen-bond acceptors (Lipinski definition) is 11. The van der Waals surface area contributed by atoms with E-state index in [1.165, 1.54) is 6.92 Å². The van der Waals surface area contributed by atoms with Crippen molar-refractivity contribution >= 4 is 53.6 Å². The molecule has 4 aromatic carbocycles. The Morgan fingerprint density at radius 1 is 0.940 bits per heavy atom. The molecular weight excluding hydrogens is 901 g/mol. The van der Waals surface area contributed by atoms with Crippen molar-refractivity contribution in [2.75, 3.05) is 33.8 Å². The summed E-state index contributed by atoms with van der Waals surface area (Å²) in [5.41, 5.74) is 3.05. The average Bonchev–Trinajstić information content (AvgIpc) is 3.66. The second kappa shape index (κ2) is 23.3. The van der Waals surface area contributed by atoms with Crippen LogP contribution in [-0.2, 0) is 56.8 Å². The zero-order chi connectivity index (χ0) is 48.1. The Labute approximate surface area is 399 Å². The number of piperidine rings is 1. The van der Waals surface area contributed by atoms with Crippen LogP contribution in [0.5, 0.6) is 11.5 Å². The van der Waals surface area contributed by atoms with Crippen LogP contribution in [-0.4, -0.2) is 112 Å². The Morgan fingerprint density at radius 2 is 1.66 bits per heavy atom. The van der Waals surface area contributed by atoms with Crippen LogP contribution in [0, 0.1) is 0 Å². The van der Waals surface area contributed by atoms with E-state index in [1.54, 1.807) is 66.7 Å². The van der Waals surface area contributed by atoms with Gasteiger partial charge in [0.2, 0.25) is 11.8 Å². The number of ether oxygens (including phenoxy) is 3. The van der Waals surface area contributed by atoms with E-state index in [0.29, 0.717) is 53.6 Å². The SMILES string of the molecule is C[C@@H](C(=O)N[C@@H](COC(=O)O)C(=O)N[C@@]1(Cc2ccc(Cl)cc2)CCCNC1)N(Cc1ccc(Cl)cc1Oc1ccc(-c2cnc(CN(C)C)n2C)cc1)C(=O)O[C@H](C=O)Cc1ccccc1. The van der Waals surface area contributed by atoms with Gasteiger partial charge in [-0.2, -0.15) is 0 Å². The molecule has 4 atom stereocenters. The molecule has 0 aliphatic carbocycles. The van der Waals surface area contributed by atoms with Crippen LogP contribution in [0.1, 0.15) is 42.3 Å². The molecule has 2 heterocycles. The van der Waals surface area contributed by atoms with E-state index in [2.05, 4.69) is 20.9 Å². The summed E-state index contributed by atoms with van der Waals surface area (Å²) >= 11 is 12.6. The van der Waals surface area contributed by atoms with E-state index in [1.807, 2.05) is 67.1 Å². The first kappa shape index (κ1) is 50.0. The number of aldehydes is 1. The summed E-state index contributed by atoms with van der Waals surface area (Å²) in [4.78, 5) is 74.4. The number of carbonyl (C=O) groups is 5. The highest BCUT2D eigenvalue weighted by Gasteiger charge is 2.38. The first-order chi connectivity index (χ1) is 32.1. The lowest BCUT2D eigenvalue weighted by molar-refractivity contribution is -0.133. The smallest absolute Gasteiger partial charge is 0.457 e. The molecule has 4 N–H and O–H groups in total. The number of halogens is 2. The van der Waals surface area contributed by atoms with Gasteiger partial charge in [-0.1, -0.05) is 71.7 Å². The zero-order valence-corrected chi connectivity index (χ0v) is 39.3. The summed E-state index contributed by atoms with van der Waals surface area (Å²) in [5.74, 6) is 0.0591. The number of carbonyl (C=O) groups excluding carboxylic acids is 4. The lowest BCUT2D eigenvalue weighted by Gasteiger charge is -2.40. The molecule has 354 valence electrons. The second-order valence-electron chi connectivity index (χ2n) is 16.8. The van der Waals surface area contributed by atoms with E-state index in [4.69, 9.17) is 37.4 Å². The summed E-state index contributed by atoms with van der Waals surface area (Å²) in [5, 5.41) is 19.4. The van der Waals surface area contributed by atoms with Gasteiger partial charge in [-0.3, -0.25) is 19.3 Å². The van der Waals surface area contributed by atoms with Gasteiger partial charge in [0.15, 0.2) is 12.4 Å². The van der Waals surface area contributed by atoms with Gasteiger partial charge in [0.05, 0.1) is 30.5 Å². The number of imidazole rings is 1. The molecule has 0 spiro atoms. The van der Waals surface area contributed by atoms with Crippen LogP contribution in [0.4, 0.5) is 9.59 Å². The maximum absolute atomic E-state index is 14.3. The molecule has 0 bridgehead atoms. The number of hydrogen-bond donors (Lipinski definition) is 4. The third kappa shape index (κ3) is 14.0. The molecule has 1 aliphatic heterocycles. The minimum Gasteiger partial charge on any atom is -0.457 e. The molecule has 1 saturated heterocycles. The first-order valence-electron chi connectivity index (χ1n) is 21.7. The van der Waals surface area contributed by atoms with Crippen LogP contribution in [0.15, 0.2) is 103 Å². The minimum atomic E-state index is -1.66. The van der Waals surface area contributed by atoms with Gasteiger partial charge in [-0.05, 0) is 106 Å². The van der Waals surface area contributed by atoms with E-state index >= 15 is 0 Å². The van der Waals surface area contributed by atoms with Gasteiger partial charge in [0, 0.05) is 41.2 Å². The molecule has 0 radical (unpaired) electrons. The van der Waals surface area contributed by atoms with Crippen LogP contribution in [0.3, 0.4) is 0 Å². The van der Waals surface area contributed by atoms with Gasteiger partial charge in [-0.15, -0.1) is 0 Å². The van der Waals surface area contributed by atoms with Crippen molar-refractivity contribution in [2.45, 2.75) is 69.4 Å². The average molecular weight is 957 g/mol. The van der Waals surface area contributed by atoms with Crippen molar-refractivity contribution in [3.8, 4) is 22.8 Å². The first-order valence-corrected chi connectivity index (χ1v) is 22.5. The Balaban J connectivity index is 1.26. The molecule has 0 unspecified atom stereocenters. The molecule has 1 aliphatic rings. The van der Waals surface area contributed by atoms with Gasteiger partial charge < -0.3 is 44.7 Å². The number of amides is 3. The van der Waals surface area contributed by atoms with Crippen molar-refractivity contribution in [2.24, 2.45) is 7.05 Å². The lowest BCUT2D eigenvalue weighted by Crippen LogP contribution is -2.63. The van der Waals surface area contributed by atoms with Crippen molar-refractivity contribution in [3.05, 3.63) is 136 Å². The number of benzene rings is 4. The van der Waals surface area contributed by atoms with E-state index < -0.39 is 54.4 Å². The maximum atomic E-state index is 14.3. The Hall–Kier alpha value is -6.46. The summed E-state index contributed by atoms with van der Waals surface area (Å²) in [6.45, 7) is 2.19. The van der Waals surface area contributed by atoms with Crippen LogP contribution in [0.25, 0.3) is 11.3 Å². The number of nitrogens with zero attached hydrogens (tertiary/aromatic N) is 4. The molecule has 5 aromatic rings. The summed E-state index contributed by atoms with van der Waals surface area (Å²) in [6, 6.07) is 25.5. The molecule has 0 saturated carbocycles. The van der Waals surface area contributed by atoms with Crippen molar-refractivity contribution < 1.29 is 43.3 Å². The Bertz CT molecular complexity index is 2480. The monoisotopic (exact) mass is 955 g/mol. The minimum absolute atomic E-state index is 0.0625. The van der Waals surface area contributed by atoms with Crippen LogP contribution in [0.2, 0.25) is 10.0 Å². The van der Waals surface area contributed by atoms with E-state index in [-0.39, 0.29) is 18.7 Å². The quantitative estimate of drug-likeness (QED) is 0.0460. The third-order valence-corrected chi connectivity index (χ3v) is 11.9. The molecule has 1 aromatic heterocycles. The van der Waals surface area contributed by atoms with Gasteiger partial charge in [0.1, 0.15) is 36.0 Å². The summed E-state index contributed by atoms with van der Waals surface area (Å²) in [6.07, 6.45) is 0.210. The number of nitrogens with one attached hydrogen (secondary N) is 3. The Morgan fingerprint density at radius 3 is 2.31 bits per heavy atom. The highest BCUT2D eigenvalue weighted by atomic mass is 35.5. The maximum Gasteiger partial charge on any atom is 0.505 e.